The van der Waals surface area contributed by atoms with Crippen molar-refractivity contribution in [3.8, 4) is 0 Å². The largest absolute Gasteiger partial charge is 0.375 e. The van der Waals surface area contributed by atoms with Gasteiger partial charge >= 0.3 is 0 Å². The summed E-state index contributed by atoms with van der Waals surface area (Å²) in [7, 11) is 1.72. The lowest BCUT2D eigenvalue weighted by molar-refractivity contribution is 0.0649. The van der Waals surface area contributed by atoms with E-state index in [1.165, 1.54) is 5.57 Å². The third-order valence-electron chi connectivity index (χ3n) is 1.33. The first kappa shape index (κ1) is 10.2. The van der Waals surface area contributed by atoms with Crippen molar-refractivity contribution in [3.63, 3.8) is 0 Å². The van der Waals surface area contributed by atoms with Crippen LogP contribution in [0.25, 0.3) is 0 Å². The molecule has 0 unspecified atom stereocenters. The second-order valence-electron chi connectivity index (χ2n) is 2.93. The van der Waals surface area contributed by atoms with E-state index in [0.29, 0.717) is 0 Å². The third kappa shape index (κ3) is 4.07. The normalized spacial score (nSPS) is 13.9. The molecule has 0 spiro atoms. The van der Waals surface area contributed by atoms with Gasteiger partial charge in [0.05, 0.1) is 5.60 Å². The number of hydrogen-bond acceptors (Lipinski definition) is 1. The van der Waals surface area contributed by atoms with E-state index < -0.39 is 0 Å². The second-order valence-corrected chi connectivity index (χ2v) is 3.49. The molecule has 0 aromatic heterocycles. The summed E-state index contributed by atoms with van der Waals surface area (Å²) in [5.41, 5.74) is 1.17. The average molecular weight is 207 g/mol. The van der Waals surface area contributed by atoms with Gasteiger partial charge in [0.15, 0.2) is 0 Å². The minimum Gasteiger partial charge on any atom is -0.375 e. The van der Waals surface area contributed by atoms with Gasteiger partial charge in [-0.2, -0.15) is 0 Å². The van der Waals surface area contributed by atoms with Gasteiger partial charge in [0.1, 0.15) is 0 Å². The van der Waals surface area contributed by atoms with Crippen LogP contribution < -0.4 is 0 Å². The van der Waals surface area contributed by atoms with Crippen LogP contribution in [-0.4, -0.2) is 18.0 Å². The molecule has 0 rings (SSSR count). The van der Waals surface area contributed by atoms with Crippen molar-refractivity contribution < 1.29 is 4.74 Å². The summed E-state index contributed by atoms with van der Waals surface area (Å²) in [4.78, 5) is 0. The highest BCUT2D eigenvalue weighted by molar-refractivity contribution is 9.09. The minimum absolute atomic E-state index is 0.127. The lowest BCUT2D eigenvalue weighted by Crippen LogP contribution is -2.19. The van der Waals surface area contributed by atoms with Gasteiger partial charge in [-0.05, 0) is 20.8 Å². The highest BCUT2D eigenvalue weighted by Crippen LogP contribution is 2.12. The summed E-state index contributed by atoms with van der Waals surface area (Å²) in [6, 6.07) is 0. The Kier molecular flexibility index (Phi) is 4.22. The van der Waals surface area contributed by atoms with Crippen LogP contribution in [0.2, 0.25) is 0 Å². The maximum atomic E-state index is 5.21. The summed E-state index contributed by atoms with van der Waals surface area (Å²) in [5.74, 6) is 0. The fraction of sp³-hybridized carbons (Fsp3) is 0.750. The predicted molar refractivity (Wildman–Crippen MR) is 48.6 cm³/mol. The molecular formula is C8H15BrO. The molecule has 0 aliphatic rings. The number of ether oxygens (including phenoxy) is 1. The Labute approximate surface area is 71.6 Å². The fourth-order valence-corrected chi connectivity index (χ4v) is 0.853. The minimum atomic E-state index is -0.127. The molecule has 0 amide bonds. The van der Waals surface area contributed by atoms with Gasteiger partial charge in [-0.1, -0.05) is 27.6 Å². The maximum Gasteiger partial charge on any atom is 0.0805 e. The number of halogens is 1. The van der Waals surface area contributed by atoms with Crippen molar-refractivity contribution in [1.82, 2.24) is 0 Å². The molecule has 0 aliphatic carbocycles. The van der Waals surface area contributed by atoms with E-state index in [4.69, 9.17) is 4.74 Å². The Bertz CT molecular complexity index is 127. The van der Waals surface area contributed by atoms with Crippen molar-refractivity contribution in [3.05, 3.63) is 11.6 Å². The van der Waals surface area contributed by atoms with Crippen molar-refractivity contribution in [2.45, 2.75) is 26.4 Å². The Morgan fingerprint density at radius 1 is 1.60 bits per heavy atom. The van der Waals surface area contributed by atoms with Crippen LogP contribution in [-0.2, 0) is 4.74 Å². The predicted octanol–water partition coefficient (Wildman–Crippen LogP) is 2.75. The molecule has 0 aliphatic heterocycles. The van der Waals surface area contributed by atoms with E-state index in [1.54, 1.807) is 7.11 Å². The average Bonchev–Trinajstić information content (AvgIpc) is 1.87. The van der Waals surface area contributed by atoms with Gasteiger partial charge in [0, 0.05) is 12.4 Å². The van der Waals surface area contributed by atoms with Gasteiger partial charge in [0.2, 0.25) is 0 Å². The highest BCUT2D eigenvalue weighted by atomic mass is 79.9. The molecule has 0 radical (unpaired) electrons. The maximum absolute atomic E-state index is 5.21. The molecule has 10 heavy (non-hydrogen) atoms. The topological polar surface area (TPSA) is 9.23 Å². The molecule has 0 N–H and O–H groups in total. The summed E-state index contributed by atoms with van der Waals surface area (Å²) in [6.45, 7) is 6.16. The number of rotatable bonds is 3. The third-order valence-corrected chi connectivity index (χ3v) is 2.22. The van der Waals surface area contributed by atoms with E-state index in [9.17, 15) is 0 Å². The molecule has 1 nitrogen and oxygen atoms in total. The van der Waals surface area contributed by atoms with Crippen molar-refractivity contribution in [2.75, 3.05) is 12.4 Å². The quantitative estimate of drug-likeness (QED) is 0.510. The van der Waals surface area contributed by atoms with Gasteiger partial charge in [-0.25, -0.2) is 0 Å². The smallest absolute Gasteiger partial charge is 0.0805 e. The van der Waals surface area contributed by atoms with E-state index >= 15 is 0 Å². The zero-order valence-electron chi connectivity index (χ0n) is 7.07. The van der Waals surface area contributed by atoms with Crippen LogP contribution in [0.5, 0.6) is 0 Å². The van der Waals surface area contributed by atoms with Gasteiger partial charge in [-0.15, -0.1) is 0 Å². The molecule has 0 aromatic carbocycles. The molecule has 0 saturated carbocycles. The van der Waals surface area contributed by atoms with Crippen molar-refractivity contribution in [2.24, 2.45) is 0 Å². The summed E-state index contributed by atoms with van der Waals surface area (Å²) in [5, 5.41) is 0.916. The van der Waals surface area contributed by atoms with Gasteiger partial charge in [-0.3, -0.25) is 0 Å². The van der Waals surface area contributed by atoms with Crippen molar-refractivity contribution in [1.29, 1.82) is 0 Å². The number of allylic oxidation sites excluding steroid dienone is 1. The molecule has 0 bridgehead atoms. The molecule has 60 valence electrons. The molecule has 2 heteroatoms. The monoisotopic (exact) mass is 206 g/mol. The summed E-state index contributed by atoms with van der Waals surface area (Å²) < 4.78 is 5.21. The molecule has 0 atom stereocenters. The van der Waals surface area contributed by atoms with Crippen LogP contribution in [0.1, 0.15) is 20.8 Å². The van der Waals surface area contributed by atoms with Crippen LogP contribution >= 0.6 is 15.9 Å². The number of alkyl halides is 1. The Hall–Kier alpha value is 0.180. The Morgan fingerprint density at radius 2 is 2.10 bits per heavy atom. The fourth-order valence-electron chi connectivity index (χ4n) is 0.691. The van der Waals surface area contributed by atoms with Crippen molar-refractivity contribution >= 4 is 15.9 Å². The van der Waals surface area contributed by atoms with E-state index in [2.05, 4.69) is 28.9 Å². The van der Waals surface area contributed by atoms with Gasteiger partial charge in [0.25, 0.3) is 0 Å². The SMILES string of the molecule is COC(C)(C)/C=C(/C)CBr. The molecular weight excluding hydrogens is 192 g/mol. The Morgan fingerprint density at radius 3 is 2.40 bits per heavy atom. The first-order valence-electron chi connectivity index (χ1n) is 3.31. The van der Waals surface area contributed by atoms with Crippen LogP contribution in [0, 0.1) is 0 Å². The second kappa shape index (κ2) is 4.14. The van der Waals surface area contributed by atoms with E-state index in [0.717, 1.165) is 5.33 Å². The zero-order valence-corrected chi connectivity index (χ0v) is 8.66. The standard InChI is InChI=1S/C8H15BrO/c1-7(6-9)5-8(2,3)10-4/h5H,6H2,1-4H3/b7-5-. The molecule has 0 fully saturated rings. The summed E-state index contributed by atoms with van der Waals surface area (Å²) >= 11 is 3.37. The van der Waals surface area contributed by atoms with Crippen LogP contribution in [0.4, 0.5) is 0 Å². The number of methoxy groups -OCH3 is 1. The lowest BCUT2D eigenvalue weighted by atomic mass is 10.1. The molecule has 0 heterocycles. The number of hydrogen-bond donors (Lipinski definition) is 0. The van der Waals surface area contributed by atoms with Crippen LogP contribution in [0.15, 0.2) is 11.6 Å². The lowest BCUT2D eigenvalue weighted by Gasteiger charge is -2.18. The van der Waals surface area contributed by atoms with E-state index in [1.807, 2.05) is 13.8 Å². The molecule has 0 saturated heterocycles. The van der Waals surface area contributed by atoms with Crippen LogP contribution in [0.3, 0.4) is 0 Å². The van der Waals surface area contributed by atoms with E-state index in [-0.39, 0.29) is 5.60 Å². The highest BCUT2D eigenvalue weighted by Gasteiger charge is 2.11. The summed E-state index contributed by atoms with van der Waals surface area (Å²) in [6.07, 6.45) is 2.11. The first-order valence-corrected chi connectivity index (χ1v) is 4.43. The van der Waals surface area contributed by atoms with Gasteiger partial charge < -0.3 is 4.74 Å². The zero-order chi connectivity index (χ0) is 8.20. The first-order chi connectivity index (χ1) is 4.52. The Balaban J connectivity index is 4.09. The molecule has 0 aromatic rings.